The van der Waals surface area contributed by atoms with Gasteiger partial charge in [0, 0.05) is 0 Å². The molecular formula is C18H20N2O2. The van der Waals surface area contributed by atoms with Gasteiger partial charge in [-0.25, -0.2) is 0 Å². The number of hydrazone groups is 1. The highest BCUT2D eigenvalue weighted by atomic mass is 16.5. The predicted octanol–water partition coefficient (Wildman–Crippen LogP) is 3.93. The Bertz CT molecular complexity index is 637. The summed E-state index contributed by atoms with van der Waals surface area (Å²) in [6.45, 7) is 0.763. The van der Waals surface area contributed by atoms with Gasteiger partial charge < -0.3 is 9.47 Å². The lowest BCUT2D eigenvalue weighted by Gasteiger charge is -2.10. The van der Waals surface area contributed by atoms with Gasteiger partial charge in [-0.15, -0.1) is 0 Å². The van der Waals surface area contributed by atoms with Crippen LogP contribution in [0.15, 0.2) is 53.6 Å². The van der Waals surface area contributed by atoms with Crippen molar-refractivity contribution in [1.29, 1.82) is 0 Å². The van der Waals surface area contributed by atoms with Crippen molar-refractivity contribution in [3.8, 4) is 11.5 Å². The van der Waals surface area contributed by atoms with E-state index in [0.29, 0.717) is 5.92 Å². The number of hydrogen-bond donors (Lipinski definition) is 1. The molecule has 1 saturated carbocycles. The SMILES string of the molecule is COc1ccc(C=NNc2ccccc2)cc1OCC1CC1. The number of rotatable bonds is 7. The molecule has 22 heavy (non-hydrogen) atoms. The summed E-state index contributed by atoms with van der Waals surface area (Å²) in [5.41, 5.74) is 4.92. The van der Waals surface area contributed by atoms with Crippen LogP contribution in [-0.4, -0.2) is 19.9 Å². The van der Waals surface area contributed by atoms with Crippen LogP contribution in [0, 0.1) is 5.92 Å². The Morgan fingerprint density at radius 3 is 2.68 bits per heavy atom. The maximum atomic E-state index is 5.85. The fourth-order valence-electron chi connectivity index (χ4n) is 2.07. The van der Waals surface area contributed by atoms with E-state index in [1.807, 2.05) is 48.5 Å². The normalized spacial score (nSPS) is 14.0. The summed E-state index contributed by atoms with van der Waals surface area (Å²) in [7, 11) is 1.66. The Labute approximate surface area is 130 Å². The van der Waals surface area contributed by atoms with Gasteiger partial charge in [-0.3, -0.25) is 5.43 Å². The first-order valence-electron chi connectivity index (χ1n) is 7.50. The van der Waals surface area contributed by atoms with Crippen molar-refractivity contribution in [3.05, 3.63) is 54.1 Å². The zero-order valence-electron chi connectivity index (χ0n) is 12.7. The fourth-order valence-corrected chi connectivity index (χ4v) is 2.07. The minimum Gasteiger partial charge on any atom is -0.493 e. The summed E-state index contributed by atoms with van der Waals surface area (Å²) >= 11 is 0. The Balaban J connectivity index is 1.65. The van der Waals surface area contributed by atoms with E-state index >= 15 is 0 Å². The molecule has 0 radical (unpaired) electrons. The second-order valence-electron chi connectivity index (χ2n) is 5.40. The van der Waals surface area contributed by atoms with Crippen molar-refractivity contribution in [2.75, 3.05) is 19.1 Å². The molecule has 0 amide bonds. The van der Waals surface area contributed by atoms with Gasteiger partial charge >= 0.3 is 0 Å². The van der Waals surface area contributed by atoms with E-state index in [-0.39, 0.29) is 0 Å². The van der Waals surface area contributed by atoms with Crippen LogP contribution in [0.2, 0.25) is 0 Å². The van der Waals surface area contributed by atoms with Crippen LogP contribution in [-0.2, 0) is 0 Å². The second-order valence-corrected chi connectivity index (χ2v) is 5.40. The number of nitrogens with one attached hydrogen (secondary N) is 1. The van der Waals surface area contributed by atoms with Gasteiger partial charge in [-0.2, -0.15) is 5.10 Å². The standard InChI is InChI=1S/C18H20N2O2/c1-21-17-10-9-15(11-18(17)22-13-14-7-8-14)12-19-20-16-5-3-2-4-6-16/h2-6,9-12,14,20H,7-8,13H2,1H3. The molecule has 3 rings (SSSR count). The lowest BCUT2D eigenvalue weighted by molar-refractivity contribution is 0.280. The van der Waals surface area contributed by atoms with Crippen LogP contribution >= 0.6 is 0 Å². The smallest absolute Gasteiger partial charge is 0.161 e. The maximum Gasteiger partial charge on any atom is 0.161 e. The zero-order valence-corrected chi connectivity index (χ0v) is 12.7. The van der Waals surface area contributed by atoms with Crippen LogP contribution in [0.5, 0.6) is 11.5 Å². The molecule has 1 fully saturated rings. The zero-order chi connectivity index (χ0) is 15.2. The van der Waals surface area contributed by atoms with Gasteiger partial charge in [0.1, 0.15) is 0 Å². The van der Waals surface area contributed by atoms with Crippen molar-refractivity contribution >= 4 is 11.9 Å². The van der Waals surface area contributed by atoms with Gasteiger partial charge in [0.15, 0.2) is 11.5 Å². The van der Waals surface area contributed by atoms with E-state index in [4.69, 9.17) is 9.47 Å². The number of para-hydroxylation sites is 1. The van der Waals surface area contributed by atoms with Crippen LogP contribution in [0.25, 0.3) is 0 Å². The predicted molar refractivity (Wildman–Crippen MR) is 88.9 cm³/mol. The average Bonchev–Trinajstić information content (AvgIpc) is 3.38. The third-order valence-corrected chi connectivity index (χ3v) is 3.54. The lowest BCUT2D eigenvalue weighted by Crippen LogP contribution is -2.01. The summed E-state index contributed by atoms with van der Waals surface area (Å²) in [5, 5.41) is 4.24. The molecule has 0 atom stereocenters. The van der Waals surface area contributed by atoms with Gasteiger partial charge in [-0.05, 0) is 54.7 Å². The molecule has 0 spiro atoms. The first kappa shape index (κ1) is 14.4. The molecule has 0 heterocycles. The number of benzene rings is 2. The summed E-state index contributed by atoms with van der Waals surface area (Å²) in [6.07, 6.45) is 4.31. The second kappa shape index (κ2) is 6.98. The number of ether oxygens (including phenoxy) is 2. The topological polar surface area (TPSA) is 42.8 Å². The highest BCUT2D eigenvalue weighted by Gasteiger charge is 2.22. The fraction of sp³-hybridized carbons (Fsp3) is 0.278. The molecule has 0 aromatic heterocycles. The minimum atomic E-state index is 0.710. The highest BCUT2D eigenvalue weighted by Crippen LogP contribution is 2.33. The molecule has 4 heteroatoms. The van der Waals surface area contributed by atoms with Crippen molar-refractivity contribution < 1.29 is 9.47 Å². The summed E-state index contributed by atoms with van der Waals surface area (Å²) in [6, 6.07) is 15.7. The molecule has 1 N–H and O–H groups in total. The van der Waals surface area contributed by atoms with E-state index in [1.165, 1.54) is 12.8 Å². The van der Waals surface area contributed by atoms with Gasteiger partial charge in [0.05, 0.1) is 25.6 Å². The summed E-state index contributed by atoms with van der Waals surface area (Å²) in [5.74, 6) is 2.24. The first-order valence-corrected chi connectivity index (χ1v) is 7.50. The Hall–Kier alpha value is -2.49. The number of nitrogens with zero attached hydrogens (tertiary/aromatic N) is 1. The Morgan fingerprint density at radius 1 is 1.14 bits per heavy atom. The molecule has 1 aliphatic rings. The average molecular weight is 296 g/mol. The highest BCUT2D eigenvalue weighted by molar-refractivity contribution is 5.81. The molecule has 2 aromatic carbocycles. The molecule has 0 saturated heterocycles. The van der Waals surface area contributed by atoms with Crippen LogP contribution in [0.1, 0.15) is 18.4 Å². The molecule has 114 valence electrons. The third kappa shape index (κ3) is 4.01. The minimum absolute atomic E-state index is 0.710. The number of methoxy groups -OCH3 is 1. The van der Waals surface area contributed by atoms with Crippen LogP contribution < -0.4 is 14.9 Å². The molecule has 0 bridgehead atoms. The largest absolute Gasteiger partial charge is 0.493 e. The lowest BCUT2D eigenvalue weighted by atomic mass is 10.2. The van der Waals surface area contributed by atoms with E-state index in [0.717, 1.165) is 29.4 Å². The van der Waals surface area contributed by atoms with Crippen molar-refractivity contribution in [1.82, 2.24) is 0 Å². The van der Waals surface area contributed by atoms with Crippen molar-refractivity contribution in [3.63, 3.8) is 0 Å². The van der Waals surface area contributed by atoms with Gasteiger partial charge in [-0.1, -0.05) is 18.2 Å². The van der Waals surface area contributed by atoms with Crippen LogP contribution in [0.3, 0.4) is 0 Å². The molecule has 2 aromatic rings. The van der Waals surface area contributed by atoms with Gasteiger partial charge in [0.25, 0.3) is 0 Å². The Kier molecular flexibility index (Phi) is 4.59. The molecule has 0 aliphatic heterocycles. The van der Waals surface area contributed by atoms with E-state index in [1.54, 1.807) is 13.3 Å². The maximum absolute atomic E-state index is 5.85. The van der Waals surface area contributed by atoms with Gasteiger partial charge in [0.2, 0.25) is 0 Å². The van der Waals surface area contributed by atoms with E-state index < -0.39 is 0 Å². The first-order chi connectivity index (χ1) is 10.8. The van der Waals surface area contributed by atoms with E-state index in [9.17, 15) is 0 Å². The molecular weight excluding hydrogens is 276 g/mol. The molecule has 4 nitrogen and oxygen atoms in total. The number of anilines is 1. The summed E-state index contributed by atoms with van der Waals surface area (Å²) in [4.78, 5) is 0. The van der Waals surface area contributed by atoms with Crippen molar-refractivity contribution in [2.45, 2.75) is 12.8 Å². The Morgan fingerprint density at radius 2 is 1.95 bits per heavy atom. The van der Waals surface area contributed by atoms with E-state index in [2.05, 4.69) is 10.5 Å². The molecule has 1 aliphatic carbocycles. The monoisotopic (exact) mass is 296 g/mol. The number of hydrogen-bond acceptors (Lipinski definition) is 4. The summed E-state index contributed by atoms with van der Waals surface area (Å²) < 4.78 is 11.2. The van der Waals surface area contributed by atoms with Crippen LogP contribution in [0.4, 0.5) is 5.69 Å². The molecule has 0 unspecified atom stereocenters. The third-order valence-electron chi connectivity index (χ3n) is 3.54. The van der Waals surface area contributed by atoms with Crippen molar-refractivity contribution in [2.24, 2.45) is 11.0 Å². The quantitative estimate of drug-likeness (QED) is 0.622.